The van der Waals surface area contributed by atoms with Gasteiger partial charge in [-0.2, -0.15) is 0 Å². The summed E-state index contributed by atoms with van der Waals surface area (Å²) in [6, 6.07) is 0. The van der Waals surface area contributed by atoms with Crippen LogP contribution in [0, 0.1) is 29.6 Å². The third-order valence-corrected chi connectivity index (χ3v) is 7.03. The van der Waals surface area contributed by atoms with Crippen LogP contribution in [0.25, 0.3) is 0 Å². The molecule has 0 bridgehead atoms. The van der Waals surface area contributed by atoms with Crippen LogP contribution in [0.5, 0.6) is 0 Å². The van der Waals surface area contributed by atoms with Crippen molar-refractivity contribution in [2.45, 2.75) is 98.0 Å². The Balaban J connectivity index is 1.78. The summed E-state index contributed by atoms with van der Waals surface area (Å²) in [7, 11) is 0. The van der Waals surface area contributed by atoms with Crippen molar-refractivity contribution in [2.24, 2.45) is 29.6 Å². The zero-order valence-electron chi connectivity index (χ0n) is 15.7. The highest BCUT2D eigenvalue weighted by Crippen LogP contribution is 2.45. The second-order valence-corrected chi connectivity index (χ2v) is 8.26. The summed E-state index contributed by atoms with van der Waals surface area (Å²) in [4.78, 5) is 0. The molecule has 2 saturated carbocycles. The van der Waals surface area contributed by atoms with E-state index in [0.29, 0.717) is 6.10 Å². The first-order valence-corrected chi connectivity index (χ1v) is 10.3. The molecule has 2 fully saturated rings. The Hall–Kier alpha value is -0.0400. The monoisotopic (exact) mass is 308 g/mol. The molecule has 22 heavy (non-hydrogen) atoms. The maximum absolute atomic E-state index is 6.24. The molecule has 0 aliphatic heterocycles. The second-order valence-electron chi connectivity index (χ2n) is 8.26. The summed E-state index contributed by atoms with van der Waals surface area (Å²) in [5.74, 6) is 4.63. The first kappa shape index (κ1) is 18.3. The van der Waals surface area contributed by atoms with E-state index in [-0.39, 0.29) is 0 Å². The minimum atomic E-state index is 0.537. The number of unbranched alkanes of at least 4 members (excludes halogenated alkanes) is 2. The van der Waals surface area contributed by atoms with E-state index in [2.05, 4.69) is 27.7 Å². The molecule has 2 aliphatic rings. The molecule has 0 spiro atoms. The van der Waals surface area contributed by atoms with Gasteiger partial charge in [-0.3, -0.25) is 0 Å². The lowest BCUT2D eigenvalue weighted by molar-refractivity contribution is -0.0561. The maximum Gasteiger partial charge on any atom is 0.0603 e. The zero-order valence-corrected chi connectivity index (χ0v) is 15.7. The van der Waals surface area contributed by atoms with Gasteiger partial charge in [-0.05, 0) is 61.7 Å². The fraction of sp³-hybridized carbons (Fsp3) is 1.00. The van der Waals surface area contributed by atoms with E-state index in [0.717, 1.165) is 36.2 Å². The average molecular weight is 309 g/mol. The van der Waals surface area contributed by atoms with Gasteiger partial charge in [-0.25, -0.2) is 0 Å². The maximum atomic E-state index is 6.24. The van der Waals surface area contributed by atoms with E-state index in [1.807, 2.05) is 0 Å². The summed E-state index contributed by atoms with van der Waals surface area (Å²) < 4.78 is 6.24. The molecule has 4 atom stereocenters. The van der Waals surface area contributed by atoms with Gasteiger partial charge in [-0.1, -0.05) is 59.8 Å². The lowest BCUT2D eigenvalue weighted by Gasteiger charge is -2.45. The minimum Gasteiger partial charge on any atom is -0.378 e. The van der Waals surface area contributed by atoms with Crippen LogP contribution >= 0.6 is 0 Å². The van der Waals surface area contributed by atoms with Crippen LogP contribution in [0.1, 0.15) is 91.9 Å². The molecule has 0 aromatic rings. The van der Waals surface area contributed by atoms with Crippen LogP contribution < -0.4 is 0 Å². The highest BCUT2D eigenvalue weighted by atomic mass is 16.5. The van der Waals surface area contributed by atoms with Gasteiger partial charge in [0.2, 0.25) is 0 Å². The number of hydrogen-bond donors (Lipinski definition) is 0. The van der Waals surface area contributed by atoms with Crippen molar-refractivity contribution in [3.8, 4) is 0 Å². The third-order valence-electron chi connectivity index (χ3n) is 7.03. The third kappa shape index (κ3) is 4.73. The molecule has 0 radical (unpaired) electrons. The Morgan fingerprint density at radius 3 is 2.18 bits per heavy atom. The normalized spacial score (nSPS) is 39.8. The molecule has 1 heteroatoms. The van der Waals surface area contributed by atoms with Crippen molar-refractivity contribution in [2.75, 3.05) is 6.61 Å². The van der Waals surface area contributed by atoms with Crippen LogP contribution in [-0.2, 0) is 4.74 Å². The molecule has 0 N–H and O–H groups in total. The largest absolute Gasteiger partial charge is 0.378 e. The second kappa shape index (κ2) is 9.30. The van der Waals surface area contributed by atoms with E-state index < -0.39 is 0 Å². The van der Waals surface area contributed by atoms with Gasteiger partial charge in [0.1, 0.15) is 0 Å². The topological polar surface area (TPSA) is 9.23 Å². The number of rotatable bonds is 7. The molecule has 130 valence electrons. The van der Waals surface area contributed by atoms with Crippen LogP contribution in [0.4, 0.5) is 0 Å². The van der Waals surface area contributed by atoms with Crippen molar-refractivity contribution in [1.82, 2.24) is 0 Å². The molecule has 1 nitrogen and oxygen atoms in total. The van der Waals surface area contributed by atoms with Crippen molar-refractivity contribution in [3.63, 3.8) is 0 Å². The molecule has 2 aliphatic carbocycles. The van der Waals surface area contributed by atoms with Gasteiger partial charge < -0.3 is 4.74 Å². The molecular weight excluding hydrogens is 268 g/mol. The summed E-state index contributed by atoms with van der Waals surface area (Å²) in [5.41, 5.74) is 0. The lowest BCUT2D eigenvalue weighted by Crippen LogP contribution is -2.40. The van der Waals surface area contributed by atoms with Gasteiger partial charge in [0, 0.05) is 6.61 Å². The zero-order chi connectivity index (χ0) is 15.9. The van der Waals surface area contributed by atoms with Crippen LogP contribution in [0.3, 0.4) is 0 Å². The average Bonchev–Trinajstić information content (AvgIpc) is 2.55. The fourth-order valence-corrected chi connectivity index (χ4v) is 5.12. The molecule has 0 heterocycles. The van der Waals surface area contributed by atoms with E-state index in [1.54, 1.807) is 0 Å². The molecule has 0 aromatic carbocycles. The molecule has 0 saturated heterocycles. The van der Waals surface area contributed by atoms with Crippen LogP contribution in [0.2, 0.25) is 0 Å². The first-order chi connectivity index (χ1) is 10.7. The highest BCUT2D eigenvalue weighted by Gasteiger charge is 2.39. The van der Waals surface area contributed by atoms with Gasteiger partial charge in [0.15, 0.2) is 0 Å². The summed E-state index contributed by atoms with van der Waals surface area (Å²) >= 11 is 0. The van der Waals surface area contributed by atoms with Crippen LogP contribution in [0.15, 0.2) is 0 Å². The summed E-state index contributed by atoms with van der Waals surface area (Å²) in [5, 5.41) is 0. The minimum absolute atomic E-state index is 0.537. The van der Waals surface area contributed by atoms with Gasteiger partial charge in [-0.15, -0.1) is 0 Å². The number of ether oxygens (including phenoxy) is 1. The van der Waals surface area contributed by atoms with Crippen molar-refractivity contribution in [3.05, 3.63) is 0 Å². The van der Waals surface area contributed by atoms with Crippen LogP contribution in [-0.4, -0.2) is 12.7 Å². The smallest absolute Gasteiger partial charge is 0.0603 e. The quantitative estimate of drug-likeness (QED) is 0.490. The van der Waals surface area contributed by atoms with E-state index in [1.165, 1.54) is 64.2 Å². The van der Waals surface area contributed by atoms with Gasteiger partial charge in [0.25, 0.3) is 0 Å². The molecule has 0 amide bonds. The van der Waals surface area contributed by atoms with E-state index in [4.69, 9.17) is 4.74 Å². The molecule has 4 unspecified atom stereocenters. The van der Waals surface area contributed by atoms with Crippen molar-refractivity contribution in [1.29, 1.82) is 0 Å². The fourth-order valence-electron chi connectivity index (χ4n) is 5.12. The molecular formula is C21H40O. The number of hydrogen-bond acceptors (Lipinski definition) is 1. The predicted octanol–water partition coefficient (Wildman–Crippen LogP) is 6.46. The Morgan fingerprint density at radius 2 is 1.55 bits per heavy atom. The van der Waals surface area contributed by atoms with Gasteiger partial charge >= 0.3 is 0 Å². The SMILES string of the molecule is CCCCCOC1CCC(C2CCC(CC)CC2)C(C)C1C. The lowest BCUT2D eigenvalue weighted by atomic mass is 9.63. The summed E-state index contributed by atoms with van der Waals surface area (Å²) in [6.07, 6.45) is 14.5. The van der Waals surface area contributed by atoms with Crippen molar-refractivity contribution < 1.29 is 4.74 Å². The standard InChI is InChI=1S/C21H40O/c1-5-7-8-15-22-21-14-13-20(16(3)17(21)4)19-11-9-18(6-2)10-12-19/h16-21H,5-15H2,1-4H3. The van der Waals surface area contributed by atoms with Crippen molar-refractivity contribution >= 4 is 0 Å². The molecule has 0 aromatic heterocycles. The van der Waals surface area contributed by atoms with E-state index >= 15 is 0 Å². The Bertz CT molecular complexity index is 292. The summed E-state index contributed by atoms with van der Waals surface area (Å²) in [6.45, 7) is 10.6. The Kier molecular flexibility index (Phi) is 7.74. The van der Waals surface area contributed by atoms with Gasteiger partial charge in [0.05, 0.1) is 6.10 Å². The predicted molar refractivity (Wildman–Crippen MR) is 96.1 cm³/mol. The highest BCUT2D eigenvalue weighted by molar-refractivity contribution is 4.89. The Morgan fingerprint density at radius 1 is 0.818 bits per heavy atom. The first-order valence-electron chi connectivity index (χ1n) is 10.3. The Labute approximate surface area is 139 Å². The molecule has 2 rings (SSSR count). The van der Waals surface area contributed by atoms with E-state index in [9.17, 15) is 0 Å².